The van der Waals surface area contributed by atoms with Crippen LogP contribution < -0.4 is 5.32 Å². The lowest BCUT2D eigenvalue weighted by atomic mass is 9.99. The van der Waals surface area contributed by atoms with Gasteiger partial charge in [-0.3, -0.25) is 9.59 Å². The van der Waals surface area contributed by atoms with Gasteiger partial charge in [0.15, 0.2) is 0 Å². The lowest BCUT2D eigenvalue weighted by Crippen LogP contribution is -2.50. The number of pyridine rings is 1. The van der Waals surface area contributed by atoms with Crippen molar-refractivity contribution in [2.24, 2.45) is 0 Å². The molecule has 1 N–H and O–H groups in total. The maximum atomic E-state index is 12.9. The van der Waals surface area contributed by atoms with Gasteiger partial charge >= 0.3 is 0 Å². The number of nitrogens with zero attached hydrogens (tertiary/aromatic N) is 2. The fraction of sp³-hybridized carbons (Fsp3) is 0.136. The Morgan fingerprint density at radius 3 is 2.22 bits per heavy atom. The molecule has 1 fully saturated rings. The monoisotopic (exact) mass is 357 g/mol. The maximum absolute atomic E-state index is 12.9. The van der Waals surface area contributed by atoms with Crippen molar-refractivity contribution in [2.75, 3.05) is 19.6 Å². The minimum Gasteiger partial charge on any atom is -0.353 e. The normalized spacial score (nSPS) is 13.9. The number of carbonyl (C=O) groups is 2. The number of hydrogen-bond donors (Lipinski definition) is 1. The molecule has 0 unspecified atom stereocenters. The van der Waals surface area contributed by atoms with Gasteiger partial charge in [-0.15, -0.1) is 0 Å². The van der Waals surface area contributed by atoms with Gasteiger partial charge < -0.3 is 10.2 Å². The molecule has 134 valence electrons. The third-order valence-corrected chi connectivity index (χ3v) is 4.57. The van der Waals surface area contributed by atoms with Crippen LogP contribution in [-0.4, -0.2) is 41.3 Å². The van der Waals surface area contributed by atoms with E-state index in [2.05, 4.69) is 5.32 Å². The van der Waals surface area contributed by atoms with Crippen LogP contribution in [0.3, 0.4) is 0 Å². The highest BCUT2D eigenvalue weighted by Gasteiger charge is 2.24. The lowest BCUT2D eigenvalue weighted by molar-refractivity contribution is -0.123. The van der Waals surface area contributed by atoms with E-state index in [0.717, 1.165) is 22.4 Å². The predicted molar refractivity (Wildman–Crippen MR) is 104 cm³/mol. The Bertz CT molecular complexity index is 971. The standard InChI is InChI=1S/C22H19N3O2/c26-20-15-25(14-13-23-20)22(27)19-12-11-18(16-7-3-1-4-8-16)21(24-19)17-9-5-2-6-10-17/h1-12H,13-15H2,(H,23,26). The number of nitrogens with one attached hydrogen (secondary N) is 1. The molecule has 3 aromatic rings. The summed E-state index contributed by atoms with van der Waals surface area (Å²) < 4.78 is 0. The Kier molecular flexibility index (Phi) is 4.66. The Balaban J connectivity index is 1.77. The molecule has 0 bridgehead atoms. The molecule has 4 rings (SSSR count). The second kappa shape index (κ2) is 7.41. The van der Waals surface area contributed by atoms with Crippen LogP contribution >= 0.6 is 0 Å². The first-order valence-electron chi connectivity index (χ1n) is 8.90. The first-order valence-corrected chi connectivity index (χ1v) is 8.90. The van der Waals surface area contributed by atoms with Crippen LogP contribution in [0.4, 0.5) is 0 Å². The zero-order valence-electron chi connectivity index (χ0n) is 14.8. The van der Waals surface area contributed by atoms with Crippen molar-refractivity contribution >= 4 is 11.8 Å². The van der Waals surface area contributed by atoms with E-state index in [4.69, 9.17) is 4.98 Å². The van der Waals surface area contributed by atoms with Crippen molar-refractivity contribution in [1.29, 1.82) is 0 Å². The molecular weight excluding hydrogens is 338 g/mol. The lowest BCUT2D eigenvalue weighted by Gasteiger charge is -2.26. The van der Waals surface area contributed by atoms with Crippen molar-refractivity contribution < 1.29 is 9.59 Å². The van der Waals surface area contributed by atoms with Gasteiger partial charge in [-0.05, 0) is 17.7 Å². The van der Waals surface area contributed by atoms with E-state index in [1.165, 1.54) is 4.90 Å². The third kappa shape index (κ3) is 3.58. The number of amides is 2. The summed E-state index contributed by atoms with van der Waals surface area (Å²) in [6.45, 7) is 1.03. The summed E-state index contributed by atoms with van der Waals surface area (Å²) in [7, 11) is 0. The van der Waals surface area contributed by atoms with Crippen molar-refractivity contribution in [1.82, 2.24) is 15.2 Å². The Hall–Kier alpha value is -3.47. The van der Waals surface area contributed by atoms with Crippen molar-refractivity contribution in [2.45, 2.75) is 0 Å². The summed E-state index contributed by atoms with van der Waals surface area (Å²) >= 11 is 0. The van der Waals surface area contributed by atoms with E-state index in [0.29, 0.717) is 18.8 Å². The van der Waals surface area contributed by atoms with E-state index in [-0.39, 0.29) is 18.4 Å². The van der Waals surface area contributed by atoms with E-state index >= 15 is 0 Å². The average molecular weight is 357 g/mol. The molecule has 2 amide bonds. The van der Waals surface area contributed by atoms with Crippen molar-refractivity contribution in [3.8, 4) is 22.4 Å². The van der Waals surface area contributed by atoms with Crippen LogP contribution in [0.15, 0.2) is 72.8 Å². The smallest absolute Gasteiger partial charge is 0.273 e. The topological polar surface area (TPSA) is 62.3 Å². The summed E-state index contributed by atoms with van der Waals surface area (Å²) in [4.78, 5) is 30.7. The average Bonchev–Trinajstić information content (AvgIpc) is 2.74. The highest BCUT2D eigenvalue weighted by atomic mass is 16.2. The first kappa shape index (κ1) is 17.0. The number of benzene rings is 2. The highest BCUT2D eigenvalue weighted by molar-refractivity contribution is 5.97. The van der Waals surface area contributed by atoms with Crippen LogP contribution in [0, 0.1) is 0 Å². The second-order valence-corrected chi connectivity index (χ2v) is 6.40. The fourth-order valence-corrected chi connectivity index (χ4v) is 3.22. The zero-order chi connectivity index (χ0) is 18.6. The molecule has 2 heterocycles. The van der Waals surface area contributed by atoms with Crippen LogP contribution in [-0.2, 0) is 4.79 Å². The first-order chi connectivity index (χ1) is 13.2. The molecular formula is C22H19N3O2. The van der Waals surface area contributed by atoms with Gasteiger partial charge in [0.1, 0.15) is 5.69 Å². The number of carbonyl (C=O) groups excluding carboxylic acids is 2. The van der Waals surface area contributed by atoms with Crippen LogP contribution in [0.1, 0.15) is 10.5 Å². The number of hydrogen-bond acceptors (Lipinski definition) is 3. The molecule has 1 aliphatic rings. The van der Waals surface area contributed by atoms with Crippen LogP contribution in [0.5, 0.6) is 0 Å². The highest BCUT2D eigenvalue weighted by Crippen LogP contribution is 2.30. The summed E-state index contributed by atoms with van der Waals surface area (Å²) in [5, 5.41) is 2.73. The largest absolute Gasteiger partial charge is 0.353 e. The number of piperazine rings is 1. The molecule has 0 spiro atoms. The second-order valence-electron chi connectivity index (χ2n) is 6.40. The summed E-state index contributed by atoms with van der Waals surface area (Å²) in [5.74, 6) is -0.361. The Morgan fingerprint density at radius 2 is 1.56 bits per heavy atom. The van der Waals surface area contributed by atoms with Gasteiger partial charge in [0, 0.05) is 24.2 Å². The van der Waals surface area contributed by atoms with Gasteiger partial charge in [-0.1, -0.05) is 60.7 Å². The van der Waals surface area contributed by atoms with Gasteiger partial charge in [0.05, 0.1) is 12.2 Å². The van der Waals surface area contributed by atoms with E-state index in [9.17, 15) is 9.59 Å². The molecule has 5 nitrogen and oxygen atoms in total. The van der Waals surface area contributed by atoms with Gasteiger partial charge in [0.2, 0.25) is 5.91 Å². The molecule has 2 aromatic carbocycles. The van der Waals surface area contributed by atoms with Gasteiger partial charge in [-0.2, -0.15) is 0 Å². The summed E-state index contributed by atoms with van der Waals surface area (Å²) in [6.07, 6.45) is 0. The SMILES string of the molecule is O=C1CN(C(=O)c2ccc(-c3ccccc3)c(-c3ccccc3)n2)CCN1. The molecule has 0 saturated carbocycles. The zero-order valence-corrected chi connectivity index (χ0v) is 14.8. The summed E-state index contributed by atoms with van der Waals surface area (Å²) in [5.41, 5.74) is 4.06. The number of aromatic nitrogens is 1. The van der Waals surface area contributed by atoms with Crippen LogP contribution in [0.25, 0.3) is 22.4 Å². The Labute approximate surface area is 157 Å². The molecule has 0 aliphatic carbocycles. The van der Waals surface area contributed by atoms with E-state index < -0.39 is 0 Å². The van der Waals surface area contributed by atoms with Crippen molar-refractivity contribution in [3.05, 3.63) is 78.5 Å². The third-order valence-electron chi connectivity index (χ3n) is 4.57. The fourth-order valence-electron chi connectivity index (χ4n) is 3.22. The maximum Gasteiger partial charge on any atom is 0.273 e. The van der Waals surface area contributed by atoms with Gasteiger partial charge in [-0.25, -0.2) is 4.98 Å². The molecule has 27 heavy (non-hydrogen) atoms. The predicted octanol–water partition coefficient (Wildman–Crippen LogP) is 2.99. The minimum absolute atomic E-state index is 0.0711. The minimum atomic E-state index is -0.221. The molecule has 5 heteroatoms. The molecule has 0 radical (unpaired) electrons. The molecule has 1 saturated heterocycles. The Morgan fingerprint density at radius 1 is 0.889 bits per heavy atom. The van der Waals surface area contributed by atoms with E-state index in [1.54, 1.807) is 6.07 Å². The summed E-state index contributed by atoms with van der Waals surface area (Å²) in [6, 6.07) is 23.5. The molecule has 0 atom stereocenters. The van der Waals surface area contributed by atoms with Crippen LogP contribution in [0.2, 0.25) is 0 Å². The van der Waals surface area contributed by atoms with Gasteiger partial charge in [0.25, 0.3) is 5.91 Å². The van der Waals surface area contributed by atoms with Crippen molar-refractivity contribution in [3.63, 3.8) is 0 Å². The number of rotatable bonds is 3. The molecule has 1 aromatic heterocycles. The quantitative estimate of drug-likeness (QED) is 0.784. The van der Waals surface area contributed by atoms with E-state index in [1.807, 2.05) is 66.7 Å². The molecule has 1 aliphatic heterocycles.